The van der Waals surface area contributed by atoms with Gasteiger partial charge in [0.05, 0.1) is 63.0 Å². The number of ether oxygens (including phenoxy) is 7. The number of carbonyl (C=O) groups is 4. The van der Waals surface area contributed by atoms with Crippen LogP contribution in [0.25, 0.3) is 0 Å². The molecule has 0 radical (unpaired) electrons. The molecular formula is C56H75NO16. The van der Waals surface area contributed by atoms with Gasteiger partial charge in [-0.25, -0.2) is 4.79 Å². The van der Waals surface area contributed by atoms with Crippen LogP contribution in [0.4, 0.5) is 5.69 Å². The third-order valence-electron chi connectivity index (χ3n) is 18.4. The van der Waals surface area contributed by atoms with Crippen molar-refractivity contribution >= 4 is 29.4 Å². The second kappa shape index (κ2) is 22.4. The summed E-state index contributed by atoms with van der Waals surface area (Å²) >= 11 is 0. The van der Waals surface area contributed by atoms with E-state index >= 15 is 4.79 Å². The zero-order valence-corrected chi connectivity index (χ0v) is 44.0. The van der Waals surface area contributed by atoms with Crippen molar-refractivity contribution in [1.82, 2.24) is 0 Å². The Balaban J connectivity index is 1.09. The van der Waals surface area contributed by atoms with Crippen molar-refractivity contribution < 1.29 is 66.1 Å². The number of hydrogen-bond acceptors (Lipinski definition) is 16. The first-order chi connectivity index (χ1) is 34.6. The molecule has 5 aliphatic carbocycles. The fourth-order valence-electron chi connectivity index (χ4n) is 14.0. The summed E-state index contributed by atoms with van der Waals surface area (Å²) in [5.41, 5.74) is -1.91. The summed E-state index contributed by atoms with van der Waals surface area (Å²) in [6.45, 7) is 16.3. The fourth-order valence-corrected chi connectivity index (χ4v) is 14.0. The lowest BCUT2D eigenvalue weighted by atomic mass is 9.33. The van der Waals surface area contributed by atoms with E-state index < -0.39 is 67.7 Å². The molecule has 0 spiro atoms. The average molecular weight is 1020 g/mol. The number of carbonyl (C=O) groups excluding carboxylic acids is 4. The van der Waals surface area contributed by atoms with Crippen LogP contribution >= 0.6 is 0 Å². The molecule has 0 aliphatic heterocycles. The van der Waals surface area contributed by atoms with Crippen LogP contribution in [-0.2, 0) is 72.0 Å². The maximum atomic E-state index is 15.3. The summed E-state index contributed by atoms with van der Waals surface area (Å²) in [5.74, 6) is -0.638. The smallest absolute Gasteiger partial charge is 0.461 e. The van der Waals surface area contributed by atoms with Crippen LogP contribution in [0.5, 0.6) is 0 Å². The van der Waals surface area contributed by atoms with Gasteiger partial charge in [-0.15, -0.1) is 12.3 Å². The maximum Gasteiger partial charge on any atom is 0.519 e. The predicted octanol–water partition coefficient (Wildman–Crippen LogP) is 8.76. The van der Waals surface area contributed by atoms with Gasteiger partial charge < -0.3 is 42.0 Å². The Morgan fingerprint density at radius 3 is 2.16 bits per heavy atom. The van der Waals surface area contributed by atoms with Gasteiger partial charge in [-0.05, 0) is 142 Å². The van der Waals surface area contributed by atoms with Gasteiger partial charge in [-0.3, -0.25) is 29.3 Å². The number of methoxy groups -OCH3 is 1. The zero-order valence-electron chi connectivity index (χ0n) is 44.0. The van der Waals surface area contributed by atoms with Crippen LogP contribution in [0.3, 0.4) is 0 Å². The first kappa shape index (κ1) is 55.6. The van der Waals surface area contributed by atoms with E-state index in [2.05, 4.69) is 33.6 Å². The number of hydrogen-bond donors (Lipinski definition) is 0. The van der Waals surface area contributed by atoms with Crippen molar-refractivity contribution in [2.24, 2.45) is 50.2 Å². The number of nitrogens with zero attached hydrogens (tertiary/aromatic N) is 1. The van der Waals surface area contributed by atoms with Gasteiger partial charge in [0.15, 0.2) is 23.9 Å². The summed E-state index contributed by atoms with van der Waals surface area (Å²) < 4.78 is 50.0. The Morgan fingerprint density at radius 1 is 0.836 bits per heavy atom. The summed E-state index contributed by atoms with van der Waals surface area (Å²) in [4.78, 5) is 81.2. The minimum Gasteiger partial charge on any atom is -0.461 e. The van der Waals surface area contributed by atoms with Gasteiger partial charge in [0.2, 0.25) is 0 Å². The topological polar surface area (TPSA) is 219 Å². The molecule has 17 nitrogen and oxygen atoms in total. The Hall–Kier alpha value is -5.15. The first-order valence-electron chi connectivity index (χ1n) is 25.9. The highest BCUT2D eigenvalue weighted by atomic mass is 16.6. The molecule has 1 aromatic heterocycles. The molecular weight excluding hydrogens is 943 g/mol. The number of nitro groups is 1. The number of ketones is 1. The molecule has 1 aromatic carbocycles. The number of terminal acetylenes is 1. The Morgan fingerprint density at radius 2 is 1.51 bits per heavy atom. The first-order valence-corrected chi connectivity index (χ1v) is 25.9. The van der Waals surface area contributed by atoms with Crippen molar-refractivity contribution in [2.45, 2.75) is 145 Å². The van der Waals surface area contributed by atoms with Crippen LogP contribution in [0.1, 0.15) is 135 Å². The third kappa shape index (κ3) is 10.9. The molecule has 17 heteroatoms. The summed E-state index contributed by atoms with van der Waals surface area (Å²) in [5, 5.41) is 11.7. The molecule has 73 heavy (non-hydrogen) atoms. The average Bonchev–Trinajstić information content (AvgIpc) is 3.68. The molecule has 0 bridgehead atoms. The predicted molar refractivity (Wildman–Crippen MR) is 264 cm³/mol. The number of benzene rings is 1. The molecule has 10 atom stereocenters. The van der Waals surface area contributed by atoms with E-state index in [1.165, 1.54) is 6.07 Å². The van der Waals surface area contributed by atoms with Crippen LogP contribution in [0, 0.1) is 79.6 Å². The number of esters is 3. The molecule has 2 aromatic rings. The number of nitro benzene ring substituents is 1. The maximum absolute atomic E-state index is 15.3. The van der Waals surface area contributed by atoms with Gasteiger partial charge in [-0.1, -0.05) is 33.3 Å². The number of fused-ring (bicyclic) bond motifs is 7. The standard InChI is InChI=1S/C56H75NO16/c1-10-11-12-38-31-37(13-14-41(38)57(63)64)34-69-48(60)52(4)21-20-51(3)22-23-54(6)39(40(51)33-52)32-42(58)47-53(5)18-16-45(73-46(59)17-24-66-27-28-68-30-29-67-26-25-65-9)56(8,44(53)15-19-55(47,54)7)49(61)70-35-43-36(2)71-50(62)72-43/h1,13-14,31-32,40,44-45,47H,11-12,15-30,33-35H2,2-9H3/t40-,44+,45-,47+,51+,52-,53-,54+,55+,56-/m0/s1. The van der Waals surface area contributed by atoms with Crippen LogP contribution in [-0.4, -0.2) is 88.1 Å². The van der Waals surface area contributed by atoms with E-state index in [9.17, 15) is 29.3 Å². The van der Waals surface area contributed by atoms with Crippen molar-refractivity contribution in [3.8, 4) is 12.3 Å². The van der Waals surface area contributed by atoms with E-state index in [1.807, 2.05) is 13.0 Å². The molecule has 4 saturated carbocycles. The van der Waals surface area contributed by atoms with Crippen molar-refractivity contribution in [1.29, 1.82) is 0 Å². The number of aryl methyl sites for hydroxylation is 2. The van der Waals surface area contributed by atoms with Gasteiger partial charge in [0.1, 0.15) is 18.1 Å². The second-order valence-corrected chi connectivity index (χ2v) is 22.6. The third-order valence-corrected chi connectivity index (χ3v) is 18.4. The number of allylic oxidation sites excluding steroid dienone is 2. The Bertz CT molecular complexity index is 2520. The van der Waals surface area contributed by atoms with E-state index in [1.54, 1.807) is 33.1 Å². The van der Waals surface area contributed by atoms with Crippen molar-refractivity contribution in [3.63, 3.8) is 0 Å². The van der Waals surface area contributed by atoms with Crippen molar-refractivity contribution in [2.75, 3.05) is 53.4 Å². The summed E-state index contributed by atoms with van der Waals surface area (Å²) in [6.07, 6.45) is 12.7. The minimum absolute atomic E-state index is 0.00166. The number of rotatable bonds is 22. The Kier molecular flexibility index (Phi) is 17.0. The quantitative estimate of drug-likeness (QED) is 0.0269. The molecule has 0 unspecified atom stereocenters. The SMILES string of the molecule is C#CCCc1cc(COC(=O)[C@@]2(C)CC[C@]3(C)CC[C@]4(C)C(=CC(=O)[C@@H]5[C@@]6(C)CC[C@H](OC(=O)CCOCCOCCOCCOC)[C@@](C)(C(=O)OCc7oc(=O)oc7C)[C@@H]6CC[C@]54C)[C@@H]3C2)ccc1[N+](=O)[O-]. The highest BCUT2D eigenvalue weighted by Crippen LogP contribution is 2.75. The van der Waals surface area contributed by atoms with E-state index in [0.717, 1.165) is 24.8 Å². The molecule has 0 amide bonds. The van der Waals surface area contributed by atoms with E-state index in [4.69, 9.17) is 48.4 Å². The van der Waals surface area contributed by atoms with Gasteiger partial charge in [0.25, 0.3) is 5.69 Å². The van der Waals surface area contributed by atoms with Crippen LogP contribution < -0.4 is 5.82 Å². The molecule has 7 rings (SSSR count). The lowest BCUT2D eigenvalue weighted by Crippen LogP contribution is -2.68. The molecule has 4 fully saturated rings. The molecule has 1 heterocycles. The van der Waals surface area contributed by atoms with Crippen LogP contribution in [0.2, 0.25) is 0 Å². The molecule has 0 N–H and O–H groups in total. The zero-order chi connectivity index (χ0) is 53.0. The van der Waals surface area contributed by atoms with Gasteiger partial charge in [-0.2, -0.15) is 0 Å². The monoisotopic (exact) mass is 1020 g/mol. The van der Waals surface area contributed by atoms with Gasteiger partial charge in [0, 0.05) is 31.1 Å². The summed E-state index contributed by atoms with van der Waals surface area (Å²) in [6, 6.07) is 4.73. The minimum atomic E-state index is -1.40. The van der Waals surface area contributed by atoms with E-state index in [0.29, 0.717) is 95.5 Å². The molecule has 0 saturated heterocycles. The molecule has 400 valence electrons. The normalized spacial score (nSPS) is 32.4. The Labute approximate surface area is 428 Å². The highest BCUT2D eigenvalue weighted by molar-refractivity contribution is 5.96. The lowest BCUT2D eigenvalue weighted by molar-refractivity contribution is -0.385. The molecule has 5 aliphatic rings. The highest BCUT2D eigenvalue weighted by Gasteiger charge is 2.72. The van der Waals surface area contributed by atoms with Crippen LogP contribution in [0.15, 0.2) is 43.5 Å². The van der Waals surface area contributed by atoms with E-state index in [-0.39, 0.29) is 73.1 Å². The lowest BCUT2D eigenvalue weighted by Gasteiger charge is -2.70. The fraction of sp³-hybridized carbons (Fsp3) is 0.696. The van der Waals surface area contributed by atoms with Crippen molar-refractivity contribution in [3.05, 3.63) is 73.2 Å². The largest absolute Gasteiger partial charge is 0.519 e. The van der Waals surface area contributed by atoms with Gasteiger partial charge >= 0.3 is 23.7 Å². The summed E-state index contributed by atoms with van der Waals surface area (Å²) in [7, 11) is 1.61. The second-order valence-electron chi connectivity index (χ2n) is 22.6.